The number of thioether (sulfide) groups is 1. The van der Waals surface area contributed by atoms with Crippen molar-refractivity contribution in [1.82, 2.24) is 10.2 Å². The zero-order valence-corrected chi connectivity index (χ0v) is 9.72. The molecular weight excluding hydrogens is 212 g/mol. The first-order valence-electron chi connectivity index (χ1n) is 4.74. The minimum Gasteiger partial charge on any atom is -0.466 e. The highest BCUT2D eigenvalue weighted by Gasteiger charge is 2.14. The van der Waals surface area contributed by atoms with Crippen LogP contribution in [0, 0.1) is 13.8 Å². The molecule has 4 nitrogen and oxygen atoms in total. The number of furan rings is 1. The molecule has 0 amide bonds. The molecule has 2 aromatic rings. The van der Waals surface area contributed by atoms with Crippen molar-refractivity contribution in [2.75, 3.05) is 5.75 Å². The summed E-state index contributed by atoms with van der Waals surface area (Å²) >= 11 is 1.53. The number of hydrogen-bond donors (Lipinski definition) is 0. The van der Waals surface area contributed by atoms with E-state index in [1.807, 2.05) is 26.8 Å². The topological polar surface area (TPSA) is 52.1 Å². The van der Waals surface area contributed by atoms with Crippen LogP contribution in [0.2, 0.25) is 0 Å². The molecule has 2 aromatic heterocycles. The number of hydrogen-bond acceptors (Lipinski definition) is 5. The first-order valence-corrected chi connectivity index (χ1v) is 5.73. The molecule has 0 bridgehead atoms. The second-order valence-electron chi connectivity index (χ2n) is 3.13. The van der Waals surface area contributed by atoms with E-state index in [-0.39, 0.29) is 0 Å². The Morgan fingerprint density at radius 3 is 2.67 bits per heavy atom. The van der Waals surface area contributed by atoms with E-state index in [9.17, 15) is 0 Å². The predicted octanol–water partition coefficient (Wildman–Crippen LogP) is 3.06. The minimum atomic E-state index is 0.528. The average molecular weight is 224 g/mol. The quantitative estimate of drug-likeness (QED) is 0.750. The van der Waals surface area contributed by atoms with E-state index in [0.29, 0.717) is 11.1 Å². The summed E-state index contributed by atoms with van der Waals surface area (Å²) in [6, 6.07) is 1.91. The Balaban J connectivity index is 2.32. The van der Waals surface area contributed by atoms with Gasteiger partial charge < -0.3 is 8.83 Å². The molecule has 15 heavy (non-hydrogen) atoms. The van der Waals surface area contributed by atoms with Crippen molar-refractivity contribution in [1.29, 1.82) is 0 Å². The lowest BCUT2D eigenvalue weighted by Gasteiger charge is -1.89. The lowest BCUT2D eigenvalue weighted by Crippen LogP contribution is -1.76. The van der Waals surface area contributed by atoms with Crippen molar-refractivity contribution in [3.63, 3.8) is 0 Å². The van der Waals surface area contributed by atoms with Crippen LogP contribution in [0.25, 0.3) is 11.5 Å². The van der Waals surface area contributed by atoms with Crippen LogP contribution in [-0.2, 0) is 0 Å². The number of rotatable bonds is 3. The zero-order valence-electron chi connectivity index (χ0n) is 8.90. The summed E-state index contributed by atoms with van der Waals surface area (Å²) in [4.78, 5) is 0. The average Bonchev–Trinajstić information content (AvgIpc) is 2.73. The molecule has 2 heterocycles. The Hall–Kier alpha value is -1.23. The van der Waals surface area contributed by atoms with Gasteiger partial charge in [-0.3, -0.25) is 0 Å². The minimum absolute atomic E-state index is 0.528. The van der Waals surface area contributed by atoms with E-state index in [4.69, 9.17) is 8.83 Å². The van der Waals surface area contributed by atoms with Crippen LogP contribution < -0.4 is 0 Å². The molecular formula is C10H12N2O2S. The lowest BCUT2D eigenvalue weighted by atomic mass is 10.2. The van der Waals surface area contributed by atoms with E-state index in [2.05, 4.69) is 10.2 Å². The van der Waals surface area contributed by atoms with Gasteiger partial charge in [0.2, 0.25) is 0 Å². The van der Waals surface area contributed by atoms with Gasteiger partial charge in [0, 0.05) is 0 Å². The molecule has 0 unspecified atom stereocenters. The fourth-order valence-corrected chi connectivity index (χ4v) is 1.83. The maximum absolute atomic E-state index is 5.48. The predicted molar refractivity (Wildman–Crippen MR) is 57.9 cm³/mol. The number of aryl methyl sites for hydroxylation is 2. The Bertz CT molecular complexity index is 462. The molecule has 0 aromatic carbocycles. The largest absolute Gasteiger partial charge is 0.466 e. The zero-order chi connectivity index (χ0) is 10.8. The highest BCUT2D eigenvalue weighted by Crippen LogP contribution is 2.27. The molecule has 2 rings (SSSR count). The van der Waals surface area contributed by atoms with Crippen LogP contribution in [0.1, 0.15) is 18.4 Å². The third-order valence-corrected chi connectivity index (χ3v) is 2.65. The highest BCUT2D eigenvalue weighted by molar-refractivity contribution is 7.99. The van der Waals surface area contributed by atoms with Gasteiger partial charge in [-0.05, 0) is 25.7 Å². The molecule has 0 saturated heterocycles. The summed E-state index contributed by atoms with van der Waals surface area (Å²) in [5, 5.41) is 8.52. The van der Waals surface area contributed by atoms with Crippen molar-refractivity contribution in [2.45, 2.75) is 26.0 Å². The smallest absolute Gasteiger partial charge is 0.276 e. The van der Waals surface area contributed by atoms with Crippen molar-refractivity contribution in [3.8, 4) is 11.5 Å². The molecule has 0 aliphatic rings. The van der Waals surface area contributed by atoms with Gasteiger partial charge >= 0.3 is 0 Å². The summed E-state index contributed by atoms with van der Waals surface area (Å²) in [7, 11) is 0. The molecule has 0 fully saturated rings. The third-order valence-electron chi connectivity index (χ3n) is 1.95. The standard InChI is InChI=1S/C10H12N2O2S/c1-4-15-10-12-11-9(14-10)8-5-6(2)13-7(8)3/h5H,4H2,1-3H3. The van der Waals surface area contributed by atoms with Crippen LogP contribution >= 0.6 is 11.8 Å². The van der Waals surface area contributed by atoms with E-state index < -0.39 is 0 Å². The fourth-order valence-electron chi connectivity index (χ4n) is 1.34. The third kappa shape index (κ3) is 2.07. The van der Waals surface area contributed by atoms with Crippen molar-refractivity contribution in [2.24, 2.45) is 0 Å². The maximum Gasteiger partial charge on any atom is 0.276 e. The highest BCUT2D eigenvalue weighted by atomic mass is 32.2. The number of aromatic nitrogens is 2. The normalized spacial score (nSPS) is 10.9. The second kappa shape index (κ2) is 4.10. The molecule has 0 atom stereocenters. The van der Waals surface area contributed by atoms with E-state index in [0.717, 1.165) is 22.8 Å². The Morgan fingerprint density at radius 1 is 1.27 bits per heavy atom. The van der Waals surface area contributed by atoms with Gasteiger partial charge in [0.15, 0.2) is 0 Å². The van der Waals surface area contributed by atoms with Gasteiger partial charge in [0.1, 0.15) is 11.5 Å². The van der Waals surface area contributed by atoms with E-state index >= 15 is 0 Å². The second-order valence-corrected chi connectivity index (χ2v) is 4.35. The molecule has 0 aliphatic carbocycles. The van der Waals surface area contributed by atoms with Gasteiger partial charge in [0.25, 0.3) is 11.1 Å². The molecule has 0 spiro atoms. The molecule has 0 aliphatic heterocycles. The number of nitrogens with zero attached hydrogens (tertiary/aromatic N) is 2. The van der Waals surface area contributed by atoms with Gasteiger partial charge in [-0.2, -0.15) is 0 Å². The van der Waals surface area contributed by atoms with Crippen molar-refractivity contribution in [3.05, 3.63) is 17.6 Å². The summed E-state index contributed by atoms with van der Waals surface area (Å²) in [5.74, 6) is 3.11. The summed E-state index contributed by atoms with van der Waals surface area (Å²) in [5.41, 5.74) is 0.878. The molecule has 5 heteroatoms. The van der Waals surface area contributed by atoms with Crippen LogP contribution in [0.4, 0.5) is 0 Å². The van der Waals surface area contributed by atoms with Crippen LogP contribution in [0.5, 0.6) is 0 Å². The molecule has 0 radical (unpaired) electrons. The monoisotopic (exact) mass is 224 g/mol. The SMILES string of the molecule is CCSc1nnc(-c2cc(C)oc2C)o1. The van der Waals surface area contributed by atoms with Crippen LogP contribution in [-0.4, -0.2) is 16.0 Å². The van der Waals surface area contributed by atoms with Crippen molar-refractivity contribution < 1.29 is 8.83 Å². The first-order chi connectivity index (χ1) is 7.20. The van der Waals surface area contributed by atoms with Crippen LogP contribution in [0.3, 0.4) is 0 Å². The fraction of sp³-hybridized carbons (Fsp3) is 0.400. The van der Waals surface area contributed by atoms with E-state index in [1.165, 1.54) is 11.8 Å². The Kier molecular flexibility index (Phi) is 2.81. The van der Waals surface area contributed by atoms with Gasteiger partial charge in [-0.25, -0.2) is 0 Å². The van der Waals surface area contributed by atoms with Gasteiger partial charge in [-0.15, -0.1) is 10.2 Å². The summed E-state index contributed by atoms with van der Waals surface area (Å²) in [6.07, 6.45) is 0. The van der Waals surface area contributed by atoms with E-state index in [1.54, 1.807) is 0 Å². The van der Waals surface area contributed by atoms with Gasteiger partial charge in [0.05, 0.1) is 5.56 Å². The lowest BCUT2D eigenvalue weighted by molar-refractivity contribution is 0.462. The van der Waals surface area contributed by atoms with Gasteiger partial charge in [-0.1, -0.05) is 18.7 Å². The molecule has 0 saturated carbocycles. The van der Waals surface area contributed by atoms with Crippen molar-refractivity contribution >= 4 is 11.8 Å². The first kappa shape index (κ1) is 10.3. The van der Waals surface area contributed by atoms with Crippen LogP contribution in [0.15, 0.2) is 20.1 Å². The molecule has 80 valence electrons. The Labute approximate surface area is 92.1 Å². The Morgan fingerprint density at radius 2 is 2.07 bits per heavy atom. The summed E-state index contributed by atoms with van der Waals surface area (Å²) < 4.78 is 10.9. The molecule has 0 N–H and O–H groups in total. The maximum atomic E-state index is 5.48. The summed E-state index contributed by atoms with van der Waals surface area (Å²) in [6.45, 7) is 5.83.